The van der Waals surface area contributed by atoms with Crippen molar-refractivity contribution in [3.05, 3.63) is 53.6 Å². The number of ketones is 1. The fourth-order valence-corrected chi connectivity index (χ4v) is 2.03. The summed E-state index contributed by atoms with van der Waals surface area (Å²) < 4.78 is 10.7. The summed E-state index contributed by atoms with van der Waals surface area (Å²) >= 11 is 0. The van der Waals surface area contributed by atoms with Crippen molar-refractivity contribution >= 4 is 17.4 Å². The van der Waals surface area contributed by atoms with Crippen molar-refractivity contribution in [1.29, 1.82) is 0 Å². The Kier molecular flexibility index (Phi) is 5.58. The Morgan fingerprint density at radius 3 is 2.62 bits per heavy atom. The molecule has 1 amide bonds. The van der Waals surface area contributed by atoms with Crippen molar-refractivity contribution in [3.8, 4) is 23.8 Å². The summed E-state index contributed by atoms with van der Waals surface area (Å²) in [5.41, 5.74) is 1.78. The monoisotopic (exact) mass is 323 g/mol. The van der Waals surface area contributed by atoms with Crippen LogP contribution in [0.5, 0.6) is 11.5 Å². The number of carbonyl (C=O) groups excluding carboxylic acids is 2. The number of hydrogen-bond donors (Lipinski definition) is 1. The molecule has 1 N–H and O–H groups in total. The van der Waals surface area contributed by atoms with Crippen LogP contribution in [0.2, 0.25) is 0 Å². The molecule has 122 valence electrons. The number of rotatable bonds is 6. The van der Waals surface area contributed by atoms with Crippen LogP contribution in [0.25, 0.3) is 0 Å². The van der Waals surface area contributed by atoms with Crippen LogP contribution in [0.15, 0.2) is 42.5 Å². The summed E-state index contributed by atoms with van der Waals surface area (Å²) in [6.07, 6.45) is 5.32. The molecule has 2 aromatic rings. The van der Waals surface area contributed by atoms with Crippen LogP contribution in [0.3, 0.4) is 0 Å². The van der Waals surface area contributed by atoms with E-state index >= 15 is 0 Å². The molecule has 0 aliphatic carbocycles. The predicted molar refractivity (Wildman–Crippen MR) is 91.5 cm³/mol. The molecule has 5 heteroatoms. The first-order valence-electron chi connectivity index (χ1n) is 7.22. The molecule has 0 radical (unpaired) electrons. The Bertz CT molecular complexity index is 805. The number of nitrogens with one attached hydrogen (secondary N) is 1. The molecule has 2 rings (SSSR count). The minimum atomic E-state index is -0.332. The molecule has 0 heterocycles. The van der Waals surface area contributed by atoms with Gasteiger partial charge in [-0.1, -0.05) is 12.0 Å². The molecule has 0 aromatic heterocycles. The summed E-state index contributed by atoms with van der Waals surface area (Å²) in [5.74, 6) is 2.87. The van der Waals surface area contributed by atoms with Crippen LogP contribution in [0.4, 0.5) is 5.69 Å². The molecule has 0 aliphatic heterocycles. The number of methoxy groups -OCH3 is 1. The minimum Gasteiger partial charge on any atom is -0.493 e. The summed E-state index contributed by atoms with van der Waals surface area (Å²) in [6, 6.07) is 11.8. The lowest BCUT2D eigenvalue weighted by Gasteiger charge is -2.12. The van der Waals surface area contributed by atoms with Crippen molar-refractivity contribution in [3.63, 3.8) is 0 Å². The molecule has 0 aliphatic rings. The lowest BCUT2D eigenvalue weighted by Crippen LogP contribution is -2.20. The van der Waals surface area contributed by atoms with Crippen LogP contribution in [0.1, 0.15) is 22.8 Å². The first kappa shape index (κ1) is 17.1. The number of anilines is 1. The Labute approximate surface area is 140 Å². The van der Waals surface area contributed by atoms with Crippen molar-refractivity contribution in [2.75, 3.05) is 19.0 Å². The van der Waals surface area contributed by atoms with E-state index in [1.807, 2.05) is 0 Å². The number of terminal acetylenes is 1. The second-order valence-corrected chi connectivity index (χ2v) is 4.98. The van der Waals surface area contributed by atoms with Crippen LogP contribution < -0.4 is 14.8 Å². The Balaban J connectivity index is 2.01. The highest BCUT2D eigenvalue weighted by Crippen LogP contribution is 2.28. The van der Waals surface area contributed by atoms with E-state index in [2.05, 4.69) is 11.2 Å². The molecule has 0 saturated carbocycles. The van der Waals surface area contributed by atoms with Crippen molar-refractivity contribution in [2.24, 2.45) is 0 Å². The zero-order chi connectivity index (χ0) is 17.5. The molecule has 0 saturated heterocycles. The van der Waals surface area contributed by atoms with E-state index in [0.717, 1.165) is 0 Å². The third kappa shape index (κ3) is 4.37. The van der Waals surface area contributed by atoms with E-state index in [1.165, 1.54) is 14.0 Å². The molecule has 0 atom stereocenters. The van der Waals surface area contributed by atoms with E-state index in [4.69, 9.17) is 15.9 Å². The number of carbonyl (C=O) groups is 2. The van der Waals surface area contributed by atoms with E-state index in [1.54, 1.807) is 42.5 Å². The smallest absolute Gasteiger partial charge is 0.262 e. The predicted octanol–water partition coefficient (Wildman–Crippen LogP) is 2.90. The quantitative estimate of drug-likeness (QED) is 0.656. The van der Waals surface area contributed by atoms with Crippen molar-refractivity contribution in [2.45, 2.75) is 6.92 Å². The zero-order valence-corrected chi connectivity index (χ0v) is 13.5. The van der Waals surface area contributed by atoms with Gasteiger partial charge in [0.2, 0.25) is 0 Å². The Hall–Kier alpha value is -3.26. The molecule has 0 spiro atoms. The molecule has 0 fully saturated rings. The van der Waals surface area contributed by atoms with E-state index < -0.39 is 0 Å². The second kappa shape index (κ2) is 7.84. The maximum absolute atomic E-state index is 12.0. The summed E-state index contributed by atoms with van der Waals surface area (Å²) in [5, 5.41) is 2.70. The summed E-state index contributed by atoms with van der Waals surface area (Å²) in [6.45, 7) is 1.27. The van der Waals surface area contributed by atoms with E-state index in [0.29, 0.717) is 28.3 Å². The van der Waals surface area contributed by atoms with Gasteiger partial charge < -0.3 is 14.8 Å². The highest BCUT2D eigenvalue weighted by Gasteiger charge is 2.10. The molecular weight excluding hydrogens is 306 g/mol. The number of ether oxygens (including phenoxy) is 2. The highest BCUT2D eigenvalue weighted by molar-refractivity contribution is 5.95. The second-order valence-electron chi connectivity index (χ2n) is 4.98. The minimum absolute atomic E-state index is 0.0778. The van der Waals surface area contributed by atoms with Gasteiger partial charge in [0.05, 0.1) is 7.11 Å². The molecule has 2 aromatic carbocycles. The molecule has 0 bridgehead atoms. The first-order valence-corrected chi connectivity index (χ1v) is 7.22. The van der Waals surface area contributed by atoms with E-state index in [9.17, 15) is 9.59 Å². The normalized spacial score (nSPS) is 9.71. The van der Waals surface area contributed by atoms with Gasteiger partial charge in [-0.05, 0) is 43.3 Å². The van der Waals surface area contributed by atoms with Crippen molar-refractivity contribution in [1.82, 2.24) is 0 Å². The number of amides is 1. The highest BCUT2D eigenvalue weighted by atomic mass is 16.5. The Morgan fingerprint density at radius 2 is 1.96 bits per heavy atom. The number of Topliss-reactive ketones (excluding diaryl/α,β-unsaturated/α-hetero) is 1. The third-order valence-corrected chi connectivity index (χ3v) is 3.24. The first-order chi connectivity index (χ1) is 11.5. The van der Waals surface area contributed by atoms with Gasteiger partial charge in [0.25, 0.3) is 5.91 Å². The molecule has 24 heavy (non-hydrogen) atoms. The number of benzene rings is 2. The molecular formula is C19H17NO4. The average Bonchev–Trinajstić information content (AvgIpc) is 2.59. The summed E-state index contributed by atoms with van der Waals surface area (Å²) in [7, 11) is 1.47. The third-order valence-electron chi connectivity index (χ3n) is 3.24. The van der Waals surface area contributed by atoms with Gasteiger partial charge in [0.1, 0.15) is 0 Å². The SMILES string of the molecule is C#Cc1cccc(NC(=O)COc2ccc(C(C)=O)cc2OC)c1. The van der Waals surface area contributed by atoms with Crippen LogP contribution >= 0.6 is 0 Å². The van der Waals surface area contributed by atoms with Gasteiger partial charge in [-0.15, -0.1) is 6.42 Å². The fraction of sp³-hybridized carbons (Fsp3) is 0.158. The Morgan fingerprint density at radius 1 is 1.17 bits per heavy atom. The van der Waals surface area contributed by atoms with Gasteiger partial charge in [-0.25, -0.2) is 0 Å². The zero-order valence-electron chi connectivity index (χ0n) is 13.5. The topological polar surface area (TPSA) is 64.6 Å². The molecule has 5 nitrogen and oxygen atoms in total. The average molecular weight is 323 g/mol. The van der Waals surface area contributed by atoms with Crippen molar-refractivity contribution < 1.29 is 19.1 Å². The van der Waals surface area contributed by atoms with Crippen LogP contribution in [-0.2, 0) is 4.79 Å². The van der Waals surface area contributed by atoms with Gasteiger partial charge in [-0.2, -0.15) is 0 Å². The van der Waals surface area contributed by atoms with Gasteiger partial charge >= 0.3 is 0 Å². The maximum atomic E-state index is 12.0. The lowest BCUT2D eigenvalue weighted by molar-refractivity contribution is -0.118. The maximum Gasteiger partial charge on any atom is 0.262 e. The number of hydrogen-bond acceptors (Lipinski definition) is 4. The lowest BCUT2D eigenvalue weighted by atomic mass is 10.1. The summed E-state index contributed by atoms with van der Waals surface area (Å²) in [4.78, 5) is 23.3. The standard InChI is InChI=1S/C19H17NO4/c1-4-14-6-5-7-16(10-14)20-19(22)12-24-17-9-8-15(13(2)21)11-18(17)23-3/h1,5-11H,12H2,2-3H3,(H,20,22). The van der Waals surface area contributed by atoms with Crippen LogP contribution in [-0.4, -0.2) is 25.4 Å². The van der Waals surface area contributed by atoms with Gasteiger partial charge in [-0.3, -0.25) is 9.59 Å². The van der Waals surface area contributed by atoms with Gasteiger partial charge in [0.15, 0.2) is 23.9 Å². The van der Waals surface area contributed by atoms with Crippen LogP contribution in [0, 0.1) is 12.3 Å². The van der Waals surface area contributed by atoms with E-state index in [-0.39, 0.29) is 18.3 Å². The fourth-order valence-electron chi connectivity index (χ4n) is 2.03. The molecule has 0 unspecified atom stereocenters. The van der Waals surface area contributed by atoms with Gasteiger partial charge in [0, 0.05) is 16.8 Å². The largest absolute Gasteiger partial charge is 0.493 e.